The molecule has 1 rings (SSSR count). The number of hydrogen-bond donors (Lipinski definition) is 2. The van der Waals surface area contributed by atoms with E-state index in [1.807, 2.05) is 0 Å². The van der Waals surface area contributed by atoms with E-state index in [2.05, 4.69) is 42.5 Å². The Labute approximate surface area is 133 Å². The highest BCUT2D eigenvalue weighted by Gasteiger charge is 2.03. The van der Waals surface area contributed by atoms with Gasteiger partial charge in [0.2, 0.25) is 0 Å². The van der Waals surface area contributed by atoms with Gasteiger partial charge in [-0.25, -0.2) is 0 Å². The molecule has 0 bridgehead atoms. The molecule has 1 aromatic rings. The number of benzene rings is 1. The lowest BCUT2D eigenvalue weighted by Gasteiger charge is -2.13. The maximum absolute atomic E-state index is 11.1. The molecule has 0 radical (unpaired) electrons. The quantitative estimate of drug-likeness (QED) is 0.270. The number of carbonyl (C=O) groups is 1. The lowest BCUT2D eigenvalue weighted by Crippen LogP contribution is -3.07. The Balaban J connectivity index is 1.94. The summed E-state index contributed by atoms with van der Waals surface area (Å²) in [6.45, 7) is 2.30. The summed E-state index contributed by atoms with van der Waals surface area (Å²) >= 11 is 0. The summed E-state index contributed by atoms with van der Waals surface area (Å²) < 4.78 is 0. The standard InChI is InChI=1S/C18H28N2O2/c1-20(16-17-11-7-6-8-12-17)14-10-5-3-2-4-9-13-18(21)15-19-22/h6-8,11-12,15,22H,2-5,9-10,13-14,16H2,1H3/p+1/b19-15-. The summed E-state index contributed by atoms with van der Waals surface area (Å²) in [5, 5.41) is 11.0. The van der Waals surface area contributed by atoms with Crippen molar-refractivity contribution in [3.8, 4) is 0 Å². The Morgan fingerprint density at radius 1 is 1.09 bits per heavy atom. The van der Waals surface area contributed by atoms with Crippen LogP contribution in [0.1, 0.15) is 50.5 Å². The normalized spacial score (nSPS) is 12.6. The van der Waals surface area contributed by atoms with Gasteiger partial charge in [-0.05, 0) is 19.3 Å². The van der Waals surface area contributed by atoms with E-state index in [9.17, 15) is 4.79 Å². The van der Waals surface area contributed by atoms with Crippen LogP contribution in [0.3, 0.4) is 0 Å². The Kier molecular flexibility index (Phi) is 9.96. The van der Waals surface area contributed by atoms with Gasteiger partial charge in [-0.3, -0.25) is 4.79 Å². The van der Waals surface area contributed by atoms with Crippen LogP contribution in [0.4, 0.5) is 0 Å². The number of carbonyl (C=O) groups excluding carboxylic acids is 1. The number of unbranched alkanes of at least 4 members (excludes halogenated alkanes) is 5. The van der Waals surface area contributed by atoms with Crippen molar-refractivity contribution in [2.75, 3.05) is 13.6 Å². The Morgan fingerprint density at radius 3 is 2.41 bits per heavy atom. The lowest BCUT2D eigenvalue weighted by atomic mass is 10.1. The lowest BCUT2D eigenvalue weighted by molar-refractivity contribution is -0.894. The number of quaternary nitrogens is 1. The van der Waals surface area contributed by atoms with Crippen molar-refractivity contribution < 1.29 is 14.9 Å². The van der Waals surface area contributed by atoms with Crippen LogP contribution in [-0.2, 0) is 11.3 Å². The van der Waals surface area contributed by atoms with E-state index in [1.165, 1.54) is 37.8 Å². The van der Waals surface area contributed by atoms with E-state index in [-0.39, 0.29) is 5.78 Å². The van der Waals surface area contributed by atoms with E-state index in [0.717, 1.165) is 25.6 Å². The minimum Gasteiger partial charge on any atom is -0.411 e. The maximum Gasteiger partial charge on any atom is 0.177 e. The van der Waals surface area contributed by atoms with Gasteiger partial charge in [-0.2, -0.15) is 0 Å². The van der Waals surface area contributed by atoms with E-state index in [0.29, 0.717) is 6.42 Å². The third kappa shape index (κ3) is 9.29. The second-order valence-corrected chi connectivity index (χ2v) is 5.95. The van der Waals surface area contributed by atoms with Gasteiger partial charge in [-0.15, -0.1) is 0 Å². The van der Waals surface area contributed by atoms with Gasteiger partial charge >= 0.3 is 0 Å². The number of nitrogens with one attached hydrogen (secondary N) is 1. The number of hydrogen-bond acceptors (Lipinski definition) is 3. The van der Waals surface area contributed by atoms with E-state index < -0.39 is 0 Å². The van der Waals surface area contributed by atoms with Crippen molar-refractivity contribution in [1.29, 1.82) is 0 Å². The first-order valence-corrected chi connectivity index (χ1v) is 8.28. The van der Waals surface area contributed by atoms with Crippen LogP contribution < -0.4 is 4.90 Å². The SMILES string of the molecule is C[NH+](CCCCCCCCC(=O)/C=N\O)Cc1ccccc1. The van der Waals surface area contributed by atoms with Crippen LogP contribution in [0.25, 0.3) is 0 Å². The Hall–Kier alpha value is -1.68. The van der Waals surface area contributed by atoms with Crippen molar-refractivity contribution in [1.82, 2.24) is 0 Å². The van der Waals surface area contributed by atoms with Crippen LogP contribution >= 0.6 is 0 Å². The fourth-order valence-corrected chi connectivity index (χ4v) is 2.59. The molecule has 0 aliphatic carbocycles. The molecule has 2 N–H and O–H groups in total. The van der Waals surface area contributed by atoms with Gasteiger partial charge in [0.1, 0.15) is 12.8 Å². The van der Waals surface area contributed by atoms with Crippen LogP contribution in [0, 0.1) is 0 Å². The smallest absolute Gasteiger partial charge is 0.177 e. The summed E-state index contributed by atoms with van der Waals surface area (Å²) in [5.74, 6) is -0.0892. The maximum atomic E-state index is 11.1. The molecule has 1 unspecified atom stereocenters. The van der Waals surface area contributed by atoms with Crippen LogP contribution in [-0.4, -0.2) is 30.8 Å². The third-order valence-corrected chi connectivity index (χ3v) is 3.83. The van der Waals surface area contributed by atoms with Crippen molar-refractivity contribution >= 4 is 12.0 Å². The van der Waals surface area contributed by atoms with Crippen LogP contribution in [0.5, 0.6) is 0 Å². The molecule has 0 aliphatic rings. The van der Waals surface area contributed by atoms with Crippen molar-refractivity contribution in [3.05, 3.63) is 35.9 Å². The van der Waals surface area contributed by atoms with Gasteiger partial charge < -0.3 is 10.1 Å². The third-order valence-electron chi connectivity index (χ3n) is 3.83. The highest BCUT2D eigenvalue weighted by molar-refractivity contribution is 6.27. The molecular formula is C18H29N2O2+. The molecule has 1 aromatic carbocycles. The van der Waals surface area contributed by atoms with Gasteiger partial charge in [0, 0.05) is 12.0 Å². The first-order chi connectivity index (χ1) is 10.7. The van der Waals surface area contributed by atoms with Gasteiger partial charge in [-0.1, -0.05) is 54.8 Å². The van der Waals surface area contributed by atoms with Crippen LogP contribution in [0.15, 0.2) is 35.5 Å². The van der Waals surface area contributed by atoms with Gasteiger partial charge in [0.25, 0.3) is 0 Å². The fraction of sp³-hybridized carbons (Fsp3) is 0.556. The fourth-order valence-electron chi connectivity index (χ4n) is 2.59. The van der Waals surface area contributed by atoms with Gasteiger partial charge in [0.05, 0.1) is 13.6 Å². The number of Topliss-reactive ketones (excluding diaryl/α,β-unsaturated/α-hetero) is 1. The number of ketones is 1. The first-order valence-electron chi connectivity index (χ1n) is 8.28. The molecular weight excluding hydrogens is 276 g/mol. The van der Waals surface area contributed by atoms with Crippen molar-refractivity contribution in [2.24, 2.45) is 5.16 Å². The molecule has 0 spiro atoms. The number of oxime groups is 1. The zero-order valence-electron chi connectivity index (χ0n) is 13.6. The molecule has 0 saturated heterocycles. The molecule has 0 amide bonds. The van der Waals surface area contributed by atoms with Crippen molar-refractivity contribution in [2.45, 2.75) is 51.5 Å². The molecule has 0 fully saturated rings. The summed E-state index contributed by atoms with van der Waals surface area (Å²) in [4.78, 5) is 12.6. The predicted molar refractivity (Wildman–Crippen MR) is 89.5 cm³/mol. The Bertz CT molecular complexity index is 432. The number of rotatable bonds is 12. The van der Waals surface area contributed by atoms with Crippen LogP contribution in [0.2, 0.25) is 0 Å². The summed E-state index contributed by atoms with van der Waals surface area (Å²) in [7, 11) is 2.25. The second kappa shape index (κ2) is 11.9. The topological polar surface area (TPSA) is 54.1 Å². The molecule has 0 aliphatic heterocycles. The average molecular weight is 305 g/mol. The summed E-state index contributed by atoms with van der Waals surface area (Å²) in [6, 6.07) is 10.6. The van der Waals surface area contributed by atoms with E-state index in [1.54, 1.807) is 4.90 Å². The Morgan fingerprint density at radius 2 is 1.73 bits per heavy atom. The highest BCUT2D eigenvalue weighted by atomic mass is 16.4. The average Bonchev–Trinajstić information content (AvgIpc) is 2.51. The molecule has 4 heteroatoms. The molecule has 1 atom stereocenters. The van der Waals surface area contributed by atoms with E-state index in [4.69, 9.17) is 5.21 Å². The molecule has 122 valence electrons. The number of nitrogens with zero attached hydrogens (tertiary/aromatic N) is 1. The van der Waals surface area contributed by atoms with Crippen molar-refractivity contribution in [3.63, 3.8) is 0 Å². The second-order valence-electron chi connectivity index (χ2n) is 5.95. The monoisotopic (exact) mass is 305 g/mol. The molecule has 0 aromatic heterocycles. The summed E-state index contributed by atoms with van der Waals surface area (Å²) in [6.07, 6.45) is 8.40. The zero-order chi connectivity index (χ0) is 16.0. The van der Waals surface area contributed by atoms with Gasteiger partial charge in [0.15, 0.2) is 5.78 Å². The molecule has 22 heavy (non-hydrogen) atoms. The van der Waals surface area contributed by atoms with E-state index >= 15 is 0 Å². The molecule has 0 heterocycles. The molecule has 0 saturated carbocycles. The zero-order valence-corrected chi connectivity index (χ0v) is 13.6. The highest BCUT2D eigenvalue weighted by Crippen LogP contribution is 2.06. The first kappa shape index (κ1) is 18.4. The summed E-state index contributed by atoms with van der Waals surface area (Å²) in [5.41, 5.74) is 1.40. The molecule has 4 nitrogen and oxygen atoms in total. The minimum absolute atomic E-state index is 0.0892. The largest absolute Gasteiger partial charge is 0.411 e. The predicted octanol–water partition coefficient (Wildman–Crippen LogP) is 2.46. The minimum atomic E-state index is -0.0892.